The standard InChI is InChI=1S/C19H22O3/c1-2-3-4-13-21-18-11-7-17(8-12-18)15-22-19-9-5-16(14-20)6-10-19/h5-12,14H,2-4,13,15H2,1H3. The summed E-state index contributed by atoms with van der Waals surface area (Å²) in [6.07, 6.45) is 4.32. The number of carbonyl (C=O) groups excluding carboxylic acids is 1. The zero-order chi connectivity index (χ0) is 15.6. The second-order valence-electron chi connectivity index (χ2n) is 5.18. The number of hydrogen-bond acceptors (Lipinski definition) is 3. The lowest BCUT2D eigenvalue weighted by molar-refractivity contribution is 0.112. The molecule has 0 unspecified atom stereocenters. The van der Waals surface area contributed by atoms with Crippen molar-refractivity contribution in [1.82, 2.24) is 0 Å². The number of aldehydes is 1. The van der Waals surface area contributed by atoms with Crippen LogP contribution in [-0.4, -0.2) is 12.9 Å². The molecule has 0 spiro atoms. The summed E-state index contributed by atoms with van der Waals surface area (Å²) in [5.74, 6) is 1.65. The predicted molar refractivity (Wildman–Crippen MR) is 87.6 cm³/mol. The quantitative estimate of drug-likeness (QED) is 0.499. The summed E-state index contributed by atoms with van der Waals surface area (Å²) in [6.45, 7) is 3.45. The van der Waals surface area contributed by atoms with Gasteiger partial charge in [-0.3, -0.25) is 4.79 Å². The Labute approximate surface area is 131 Å². The summed E-state index contributed by atoms with van der Waals surface area (Å²) >= 11 is 0. The average Bonchev–Trinajstić information content (AvgIpc) is 2.58. The van der Waals surface area contributed by atoms with E-state index >= 15 is 0 Å². The summed E-state index contributed by atoms with van der Waals surface area (Å²) in [5, 5.41) is 0. The molecule has 0 N–H and O–H groups in total. The molecule has 0 aliphatic rings. The van der Waals surface area contributed by atoms with Gasteiger partial charge in [-0.2, -0.15) is 0 Å². The molecule has 0 heterocycles. The van der Waals surface area contributed by atoms with Crippen LogP contribution in [0.3, 0.4) is 0 Å². The molecule has 0 amide bonds. The Bertz CT molecular complexity index is 558. The molecule has 0 saturated carbocycles. The number of unbranched alkanes of at least 4 members (excludes halogenated alkanes) is 2. The summed E-state index contributed by atoms with van der Waals surface area (Å²) in [5.41, 5.74) is 1.73. The van der Waals surface area contributed by atoms with E-state index < -0.39 is 0 Å². The van der Waals surface area contributed by atoms with Crippen molar-refractivity contribution in [2.75, 3.05) is 6.61 Å². The van der Waals surface area contributed by atoms with Crippen molar-refractivity contribution in [3.8, 4) is 11.5 Å². The van der Waals surface area contributed by atoms with Crippen LogP contribution in [0.4, 0.5) is 0 Å². The van der Waals surface area contributed by atoms with Crippen molar-refractivity contribution in [1.29, 1.82) is 0 Å². The van der Waals surface area contributed by atoms with Crippen molar-refractivity contribution < 1.29 is 14.3 Å². The fourth-order valence-corrected chi connectivity index (χ4v) is 2.03. The third kappa shape index (κ3) is 5.24. The number of carbonyl (C=O) groups is 1. The highest BCUT2D eigenvalue weighted by molar-refractivity contribution is 5.74. The van der Waals surface area contributed by atoms with Crippen LogP contribution in [-0.2, 0) is 6.61 Å². The minimum atomic E-state index is 0.497. The van der Waals surface area contributed by atoms with Gasteiger partial charge in [0.25, 0.3) is 0 Å². The molecule has 0 saturated heterocycles. The van der Waals surface area contributed by atoms with E-state index in [1.165, 1.54) is 12.8 Å². The summed E-state index contributed by atoms with van der Waals surface area (Å²) in [4.78, 5) is 10.6. The Hall–Kier alpha value is -2.29. The summed E-state index contributed by atoms with van der Waals surface area (Å²) in [7, 11) is 0. The molecule has 0 aromatic heterocycles. The van der Waals surface area contributed by atoms with Crippen LogP contribution in [0.15, 0.2) is 48.5 Å². The minimum absolute atomic E-state index is 0.497. The fourth-order valence-electron chi connectivity index (χ4n) is 2.03. The molecule has 22 heavy (non-hydrogen) atoms. The van der Waals surface area contributed by atoms with Gasteiger partial charge in [-0.15, -0.1) is 0 Å². The molecule has 0 bridgehead atoms. The Kier molecular flexibility index (Phi) is 6.49. The van der Waals surface area contributed by atoms with Crippen molar-refractivity contribution in [3.63, 3.8) is 0 Å². The van der Waals surface area contributed by atoms with E-state index in [0.717, 1.165) is 36.4 Å². The van der Waals surface area contributed by atoms with Gasteiger partial charge < -0.3 is 9.47 Å². The van der Waals surface area contributed by atoms with Gasteiger partial charge in [-0.25, -0.2) is 0 Å². The first kappa shape index (κ1) is 16.1. The monoisotopic (exact) mass is 298 g/mol. The molecular formula is C19H22O3. The van der Waals surface area contributed by atoms with Gasteiger partial charge in [0.05, 0.1) is 6.61 Å². The van der Waals surface area contributed by atoms with Gasteiger partial charge in [0.15, 0.2) is 0 Å². The molecule has 0 aliphatic carbocycles. The van der Waals surface area contributed by atoms with E-state index in [0.29, 0.717) is 12.2 Å². The highest BCUT2D eigenvalue weighted by atomic mass is 16.5. The number of rotatable bonds is 9. The van der Waals surface area contributed by atoms with E-state index in [4.69, 9.17) is 9.47 Å². The largest absolute Gasteiger partial charge is 0.494 e. The van der Waals surface area contributed by atoms with Crippen LogP contribution in [0.25, 0.3) is 0 Å². The molecule has 2 rings (SSSR count). The van der Waals surface area contributed by atoms with Crippen molar-refractivity contribution in [2.45, 2.75) is 32.8 Å². The normalized spacial score (nSPS) is 10.2. The van der Waals surface area contributed by atoms with Gasteiger partial charge in [-0.1, -0.05) is 31.9 Å². The van der Waals surface area contributed by atoms with E-state index in [-0.39, 0.29) is 0 Å². The van der Waals surface area contributed by atoms with E-state index in [1.54, 1.807) is 24.3 Å². The van der Waals surface area contributed by atoms with Gasteiger partial charge >= 0.3 is 0 Å². The Balaban J connectivity index is 1.79. The highest BCUT2D eigenvalue weighted by Gasteiger charge is 1.99. The van der Waals surface area contributed by atoms with Gasteiger partial charge in [0.1, 0.15) is 24.4 Å². The zero-order valence-electron chi connectivity index (χ0n) is 13.0. The maximum atomic E-state index is 10.6. The first-order valence-corrected chi connectivity index (χ1v) is 7.71. The first-order chi connectivity index (χ1) is 10.8. The Morgan fingerprint density at radius 1 is 0.864 bits per heavy atom. The Morgan fingerprint density at radius 3 is 2.14 bits per heavy atom. The summed E-state index contributed by atoms with van der Waals surface area (Å²) < 4.78 is 11.4. The van der Waals surface area contributed by atoms with Crippen LogP contribution < -0.4 is 9.47 Å². The molecule has 0 radical (unpaired) electrons. The SMILES string of the molecule is CCCCCOc1ccc(COc2ccc(C=O)cc2)cc1. The molecule has 0 atom stereocenters. The minimum Gasteiger partial charge on any atom is -0.494 e. The average molecular weight is 298 g/mol. The fraction of sp³-hybridized carbons (Fsp3) is 0.316. The summed E-state index contributed by atoms with van der Waals surface area (Å²) in [6, 6.07) is 15.1. The number of ether oxygens (including phenoxy) is 2. The van der Waals surface area contributed by atoms with Crippen LogP contribution >= 0.6 is 0 Å². The van der Waals surface area contributed by atoms with Crippen molar-refractivity contribution >= 4 is 6.29 Å². The Morgan fingerprint density at radius 2 is 1.50 bits per heavy atom. The van der Waals surface area contributed by atoms with E-state index in [1.807, 2.05) is 24.3 Å². The van der Waals surface area contributed by atoms with Gasteiger partial charge in [0.2, 0.25) is 0 Å². The molecular weight excluding hydrogens is 276 g/mol. The van der Waals surface area contributed by atoms with E-state index in [2.05, 4.69) is 6.92 Å². The smallest absolute Gasteiger partial charge is 0.150 e. The zero-order valence-corrected chi connectivity index (χ0v) is 13.0. The lowest BCUT2D eigenvalue weighted by Gasteiger charge is -2.08. The second kappa shape index (κ2) is 8.88. The maximum absolute atomic E-state index is 10.6. The molecule has 116 valence electrons. The van der Waals surface area contributed by atoms with Crippen LogP contribution in [0, 0.1) is 0 Å². The molecule has 2 aromatic carbocycles. The molecule has 0 fully saturated rings. The highest BCUT2D eigenvalue weighted by Crippen LogP contribution is 2.16. The number of hydrogen-bond donors (Lipinski definition) is 0. The maximum Gasteiger partial charge on any atom is 0.150 e. The molecule has 2 aromatic rings. The van der Waals surface area contributed by atoms with Crippen LogP contribution in [0.2, 0.25) is 0 Å². The molecule has 3 heteroatoms. The van der Waals surface area contributed by atoms with E-state index in [9.17, 15) is 4.79 Å². The van der Waals surface area contributed by atoms with Crippen molar-refractivity contribution in [3.05, 3.63) is 59.7 Å². The van der Waals surface area contributed by atoms with Crippen LogP contribution in [0.1, 0.15) is 42.1 Å². The number of benzene rings is 2. The molecule has 3 nitrogen and oxygen atoms in total. The van der Waals surface area contributed by atoms with Crippen LogP contribution in [0.5, 0.6) is 11.5 Å². The van der Waals surface area contributed by atoms with Gasteiger partial charge in [0, 0.05) is 5.56 Å². The van der Waals surface area contributed by atoms with Crippen molar-refractivity contribution in [2.24, 2.45) is 0 Å². The molecule has 0 aliphatic heterocycles. The third-order valence-electron chi connectivity index (χ3n) is 3.36. The first-order valence-electron chi connectivity index (χ1n) is 7.71. The predicted octanol–water partition coefficient (Wildman–Crippen LogP) is 4.65. The second-order valence-corrected chi connectivity index (χ2v) is 5.18. The van der Waals surface area contributed by atoms with Gasteiger partial charge in [-0.05, 0) is 48.4 Å². The lowest BCUT2D eigenvalue weighted by Crippen LogP contribution is -1.98. The third-order valence-corrected chi connectivity index (χ3v) is 3.36. The lowest BCUT2D eigenvalue weighted by atomic mass is 10.2. The topological polar surface area (TPSA) is 35.5 Å².